The molecule has 0 radical (unpaired) electrons. The number of hydrogen-bond donors (Lipinski definition) is 1. The van der Waals surface area contributed by atoms with E-state index < -0.39 is 5.82 Å². The average molecular weight is 371 g/mol. The van der Waals surface area contributed by atoms with Gasteiger partial charge in [-0.3, -0.25) is 9.69 Å². The fourth-order valence-corrected chi connectivity index (χ4v) is 2.98. The molecule has 1 N–H and O–H groups in total. The largest absolute Gasteiger partial charge is 0.342 e. The Morgan fingerprint density at radius 3 is 2.40 bits per heavy atom. The Bertz CT molecular complexity index is 617. The zero-order valence-electron chi connectivity index (χ0n) is 14.6. The predicted octanol–water partition coefficient (Wildman–Crippen LogP) is 2.50. The SMILES string of the molecule is CCN(CC)C(=O)CN1CCN(C(=O)Nc2ccc(F)cc2Cl)CC1. The summed E-state index contributed by atoms with van der Waals surface area (Å²) >= 11 is 5.93. The van der Waals surface area contributed by atoms with E-state index in [-0.39, 0.29) is 17.0 Å². The maximum Gasteiger partial charge on any atom is 0.321 e. The second-order valence-electron chi connectivity index (χ2n) is 5.88. The lowest BCUT2D eigenvalue weighted by atomic mass is 10.3. The van der Waals surface area contributed by atoms with E-state index in [1.165, 1.54) is 12.1 Å². The van der Waals surface area contributed by atoms with Gasteiger partial charge in [0.2, 0.25) is 5.91 Å². The molecule has 2 rings (SSSR count). The highest BCUT2D eigenvalue weighted by Crippen LogP contribution is 2.22. The number of likely N-dealkylation sites (N-methyl/N-ethyl adjacent to an activating group) is 1. The summed E-state index contributed by atoms with van der Waals surface area (Å²) in [6.07, 6.45) is 0. The third kappa shape index (κ3) is 5.31. The summed E-state index contributed by atoms with van der Waals surface area (Å²) in [5, 5.41) is 2.86. The Morgan fingerprint density at radius 1 is 1.20 bits per heavy atom. The van der Waals surface area contributed by atoms with Gasteiger partial charge in [0.25, 0.3) is 0 Å². The van der Waals surface area contributed by atoms with Crippen molar-refractivity contribution in [2.75, 3.05) is 51.1 Å². The van der Waals surface area contributed by atoms with E-state index >= 15 is 0 Å². The fourth-order valence-electron chi connectivity index (χ4n) is 2.76. The molecule has 25 heavy (non-hydrogen) atoms. The quantitative estimate of drug-likeness (QED) is 0.866. The van der Waals surface area contributed by atoms with Crippen molar-refractivity contribution in [3.8, 4) is 0 Å². The second kappa shape index (κ2) is 9.01. The number of anilines is 1. The van der Waals surface area contributed by atoms with Crippen molar-refractivity contribution < 1.29 is 14.0 Å². The molecule has 1 saturated heterocycles. The fraction of sp³-hybridized carbons (Fsp3) is 0.529. The molecular formula is C17H24ClFN4O2. The lowest BCUT2D eigenvalue weighted by Crippen LogP contribution is -2.52. The molecule has 8 heteroatoms. The minimum atomic E-state index is -0.450. The normalized spacial score (nSPS) is 15.1. The van der Waals surface area contributed by atoms with E-state index in [0.29, 0.717) is 51.5 Å². The number of benzene rings is 1. The van der Waals surface area contributed by atoms with Crippen LogP contribution in [0.1, 0.15) is 13.8 Å². The van der Waals surface area contributed by atoms with Crippen LogP contribution >= 0.6 is 11.6 Å². The van der Waals surface area contributed by atoms with Crippen LogP contribution in [0.4, 0.5) is 14.9 Å². The van der Waals surface area contributed by atoms with Crippen LogP contribution in [-0.2, 0) is 4.79 Å². The molecule has 0 unspecified atom stereocenters. The molecule has 0 spiro atoms. The number of nitrogens with one attached hydrogen (secondary N) is 1. The molecule has 0 bridgehead atoms. The number of halogens is 2. The lowest BCUT2D eigenvalue weighted by molar-refractivity contribution is -0.132. The van der Waals surface area contributed by atoms with Crippen LogP contribution in [0.15, 0.2) is 18.2 Å². The third-order valence-electron chi connectivity index (χ3n) is 4.31. The summed E-state index contributed by atoms with van der Waals surface area (Å²) < 4.78 is 13.1. The number of piperazine rings is 1. The molecule has 138 valence electrons. The first-order valence-corrected chi connectivity index (χ1v) is 8.83. The Kier molecular flexibility index (Phi) is 7.01. The van der Waals surface area contributed by atoms with E-state index in [2.05, 4.69) is 10.2 Å². The van der Waals surface area contributed by atoms with Gasteiger partial charge in [-0.2, -0.15) is 0 Å². The van der Waals surface area contributed by atoms with Gasteiger partial charge in [-0.1, -0.05) is 11.6 Å². The van der Waals surface area contributed by atoms with Crippen LogP contribution in [0.25, 0.3) is 0 Å². The molecule has 1 aliphatic rings. The highest BCUT2D eigenvalue weighted by Gasteiger charge is 2.24. The molecular weight excluding hydrogens is 347 g/mol. The summed E-state index contributed by atoms with van der Waals surface area (Å²) in [6.45, 7) is 8.03. The highest BCUT2D eigenvalue weighted by atomic mass is 35.5. The van der Waals surface area contributed by atoms with Crippen LogP contribution in [0.2, 0.25) is 5.02 Å². The van der Waals surface area contributed by atoms with Crippen molar-refractivity contribution >= 4 is 29.2 Å². The molecule has 1 aromatic carbocycles. The number of rotatable bonds is 5. The number of nitrogens with zero attached hydrogens (tertiary/aromatic N) is 3. The number of hydrogen-bond acceptors (Lipinski definition) is 3. The molecule has 1 heterocycles. The monoisotopic (exact) mass is 370 g/mol. The van der Waals surface area contributed by atoms with Gasteiger partial charge in [0.1, 0.15) is 5.82 Å². The maximum absolute atomic E-state index is 13.1. The molecule has 1 fully saturated rings. The minimum absolute atomic E-state index is 0.112. The zero-order chi connectivity index (χ0) is 18.4. The number of carbonyl (C=O) groups excluding carboxylic acids is 2. The van der Waals surface area contributed by atoms with Crippen molar-refractivity contribution in [1.82, 2.24) is 14.7 Å². The van der Waals surface area contributed by atoms with Crippen molar-refractivity contribution in [1.29, 1.82) is 0 Å². The van der Waals surface area contributed by atoms with E-state index in [1.807, 2.05) is 13.8 Å². The summed E-state index contributed by atoms with van der Waals surface area (Å²) in [4.78, 5) is 30.0. The average Bonchev–Trinajstić information content (AvgIpc) is 2.59. The Balaban J connectivity index is 1.83. The number of urea groups is 1. The minimum Gasteiger partial charge on any atom is -0.342 e. The van der Waals surface area contributed by atoms with Crippen LogP contribution in [0.5, 0.6) is 0 Å². The van der Waals surface area contributed by atoms with Gasteiger partial charge in [0.05, 0.1) is 17.3 Å². The summed E-state index contributed by atoms with van der Waals surface area (Å²) in [7, 11) is 0. The molecule has 6 nitrogen and oxygen atoms in total. The third-order valence-corrected chi connectivity index (χ3v) is 4.62. The Morgan fingerprint density at radius 2 is 1.84 bits per heavy atom. The van der Waals surface area contributed by atoms with Gasteiger partial charge >= 0.3 is 6.03 Å². The van der Waals surface area contributed by atoms with Crippen LogP contribution in [0.3, 0.4) is 0 Å². The van der Waals surface area contributed by atoms with Crippen molar-refractivity contribution in [2.24, 2.45) is 0 Å². The topological polar surface area (TPSA) is 55.9 Å². The maximum atomic E-state index is 13.1. The Labute approximate surface area is 152 Å². The van der Waals surface area contributed by atoms with E-state index in [0.717, 1.165) is 6.07 Å². The first-order valence-electron chi connectivity index (χ1n) is 8.45. The van der Waals surface area contributed by atoms with Gasteiger partial charge < -0.3 is 15.1 Å². The van der Waals surface area contributed by atoms with Gasteiger partial charge in [-0.15, -0.1) is 0 Å². The standard InChI is InChI=1S/C17H24ClFN4O2/c1-3-22(4-2)16(24)12-21-7-9-23(10-8-21)17(25)20-15-6-5-13(19)11-14(15)18/h5-6,11H,3-4,7-10,12H2,1-2H3,(H,20,25). The molecule has 0 saturated carbocycles. The number of amides is 3. The molecule has 0 atom stereocenters. The van der Waals surface area contributed by atoms with Gasteiger partial charge in [0, 0.05) is 39.3 Å². The first kappa shape index (κ1) is 19.5. The highest BCUT2D eigenvalue weighted by molar-refractivity contribution is 6.33. The Hall–Kier alpha value is -1.86. The van der Waals surface area contributed by atoms with Gasteiger partial charge in [-0.05, 0) is 32.0 Å². The molecule has 1 aliphatic heterocycles. The van der Waals surface area contributed by atoms with Crippen LogP contribution in [0, 0.1) is 5.82 Å². The number of carbonyl (C=O) groups is 2. The lowest BCUT2D eigenvalue weighted by Gasteiger charge is -2.35. The van der Waals surface area contributed by atoms with Crippen molar-refractivity contribution in [2.45, 2.75) is 13.8 Å². The molecule has 3 amide bonds. The van der Waals surface area contributed by atoms with E-state index in [1.54, 1.807) is 9.80 Å². The van der Waals surface area contributed by atoms with Gasteiger partial charge in [0.15, 0.2) is 0 Å². The second-order valence-corrected chi connectivity index (χ2v) is 6.29. The van der Waals surface area contributed by atoms with Gasteiger partial charge in [-0.25, -0.2) is 9.18 Å². The zero-order valence-corrected chi connectivity index (χ0v) is 15.4. The van der Waals surface area contributed by atoms with Crippen LogP contribution in [-0.4, -0.2) is 72.5 Å². The van der Waals surface area contributed by atoms with E-state index in [9.17, 15) is 14.0 Å². The van der Waals surface area contributed by atoms with Crippen molar-refractivity contribution in [3.05, 3.63) is 29.0 Å². The molecule has 1 aromatic rings. The molecule has 0 aliphatic carbocycles. The summed E-state index contributed by atoms with van der Waals surface area (Å²) in [5.74, 6) is -0.338. The molecule has 0 aromatic heterocycles. The first-order chi connectivity index (χ1) is 11.9. The van der Waals surface area contributed by atoms with E-state index in [4.69, 9.17) is 11.6 Å². The predicted molar refractivity (Wildman–Crippen MR) is 96.4 cm³/mol. The summed E-state index contributed by atoms with van der Waals surface area (Å²) in [6, 6.07) is 3.57. The smallest absolute Gasteiger partial charge is 0.321 e. The van der Waals surface area contributed by atoms with Crippen molar-refractivity contribution in [3.63, 3.8) is 0 Å². The summed E-state index contributed by atoms with van der Waals surface area (Å²) in [5.41, 5.74) is 0.382. The van der Waals surface area contributed by atoms with Crippen LogP contribution < -0.4 is 5.32 Å².